The van der Waals surface area contributed by atoms with E-state index in [2.05, 4.69) is 14.9 Å². The Balaban J connectivity index is 1.79. The van der Waals surface area contributed by atoms with Crippen molar-refractivity contribution in [1.82, 2.24) is 19.9 Å². The third-order valence-corrected chi connectivity index (χ3v) is 8.46. The molecule has 158 valence electrons. The molecule has 1 fully saturated rings. The van der Waals surface area contributed by atoms with E-state index in [-0.39, 0.29) is 6.04 Å². The number of nitrogens with one attached hydrogen (secondary N) is 1. The molecule has 1 N–H and O–H groups in total. The first-order chi connectivity index (χ1) is 14.3. The zero-order valence-corrected chi connectivity index (χ0v) is 18.2. The highest BCUT2D eigenvalue weighted by Crippen LogP contribution is 2.40. The molecule has 1 saturated heterocycles. The first-order valence-electron chi connectivity index (χ1n) is 10.2. The van der Waals surface area contributed by atoms with E-state index in [1.54, 1.807) is 20.0 Å². The minimum atomic E-state index is -3.40. The molecule has 0 bridgehead atoms. The number of rotatable bonds is 3. The predicted octanol–water partition coefficient (Wildman–Crippen LogP) is 2.45. The topological polar surface area (TPSA) is 101 Å². The molecule has 0 saturated carbocycles. The maximum absolute atomic E-state index is 12.7. The first kappa shape index (κ1) is 19.4. The largest absolute Gasteiger partial charge is 0.377 e. The summed E-state index contributed by atoms with van der Waals surface area (Å²) in [6.45, 7) is 5.51. The van der Waals surface area contributed by atoms with Crippen molar-refractivity contribution in [1.29, 1.82) is 0 Å². The van der Waals surface area contributed by atoms with Crippen LogP contribution in [0, 0.1) is 0 Å². The summed E-state index contributed by atoms with van der Waals surface area (Å²) in [5, 5.41) is 0.912. The van der Waals surface area contributed by atoms with Gasteiger partial charge in [-0.1, -0.05) is 0 Å². The number of aromatic nitrogens is 4. The Hall–Kier alpha value is -2.52. The summed E-state index contributed by atoms with van der Waals surface area (Å²) in [7, 11) is -3.40. The van der Waals surface area contributed by atoms with Crippen molar-refractivity contribution in [3.05, 3.63) is 35.8 Å². The molecule has 1 unspecified atom stereocenters. The van der Waals surface area contributed by atoms with Gasteiger partial charge in [-0.25, -0.2) is 23.4 Å². The van der Waals surface area contributed by atoms with Crippen molar-refractivity contribution in [3.63, 3.8) is 0 Å². The SMILES string of the molecule is CC(C)(c1nc(-c2ccnc3[nH]ccc23)nc2c1CCC1COCCN21)S(C)(=O)=O. The Kier molecular flexibility index (Phi) is 4.37. The third-order valence-electron chi connectivity index (χ3n) is 6.41. The van der Waals surface area contributed by atoms with Crippen LogP contribution >= 0.6 is 0 Å². The average molecular weight is 428 g/mol. The van der Waals surface area contributed by atoms with Crippen molar-refractivity contribution < 1.29 is 13.2 Å². The molecule has 3 aromatic rings. The van der Waals surface area contributed by atoms with Crippen LogP contribution in [0.5, 0.6) is 0 Å². The number of hydrogen-bond acceptors (Lipinski definition) is 7. The fraction of sp³-hybridized carbons (Fsp3) is 0.476. The van der Waals surface area contributed by atoms with Crippen LogP contribution in [0.15, 0.2) is 24.5 Å². The number of pyridine rings is 1. The monoisotopic (exact) mass is 427 g/mol. The van der Waals surface area contributed by atoms with Crippen LogP contribution in [-0.4, -0.2) is 60.4 Å². The maximum Gasteiger partial charge on any atom is 0.162 e. The molecule has 0 radical (unpaired) electrons. The summed E-state index contributed by atoms with van der Waals surface area (Å²) in [6, 6.07) is 4.08. The van der Waals surface area contributed by atoms with E-state index in [4.69, 9.17) is 14.7 Å². The molecule has 5 rings (SSSR count). The van der Waals surface area contributed by atoms with Crippen molar-refractivity contribution >= 4 is 26.7 Å². The lowest BCUT2D eigenvalue weighted by atomic mass is 9.92. The van der Waals surface area contributed by atoms with Crippen LogP contribution in [-0.2, 0) is 25.7 Å². The summed E-state index contributed by atoms with van der Waals surface area (Å²) < 4.78 is 30.0. The number of hydrogen-bond donors (Lipinski definition) is 1. The van der Waals surface area contributed by atoms with Gasteiger partial charge in [0.25, 0.3) is 0 Å². The zero-order valence-electron chi connectivity index (χ0n) is 17.3. The van der Waals surface area contributed by atoms with Gasteiger partial charge in [0, 0.05) is 41.7 Å². The molecule has 30 heavy (non-hydrogen) atoms. The minimum absolute atomic E-state index is 0.257. The van der Waals surface area contributed by atoms with Crippen LogP contribution in [0.1, 0.15) is 31.5 Å². The maximum atomic E-state index is 12.7. The smallest absolute Gasteiger partial charge is 0.162 e. The lowest BCUT2D eigenvalue weighted by Gasteiger charge is -2.42. The number of fused-ring (bicyclic) bond motifs is 4. The van der Waals surface area contributed by atoms with Crippen molar-refractivity contribution in [2.75, 3.05) is 30.9 Å². The average Bonchev–Trinajstić information content (AvgIpc) is 3.21. The third kappa shape index (κ3) is 2.91. The molecule has 1 atom stereocenters. The Morgan fingerprint density at radius 2 is 2.10 bits per heavy atom. The Morgan fingerprint density at radius 1 is 1.27 bits per heavy atom. The quantitative estimate of drug-likeness (QED) is 0.685. The van der Waals surface area contributed by atoms with Gasteiger partial charge < -0.3 is 14.6 Å². The number of morpholine rings is 1. The summed E-state index contributed by atoms with van der Waals surface area (Å²) in [5.74, 6) is 1.37. The van der Waals surface area contributed by atoms with Gasteiger partial charge in [-0.15, -0.1) is 0 Å². The van der Waals surface area contributed by atoms with Crippen LogP contribution in [0.4, 0.5) is 5.82 Å². The van der Waals surface area contributed by atoms with Crippen molar-refractivity contribution in [3.8, 4) is 11.4 Å². The molecule has 0 spiro atoms. The van der Waals surface area contributed by atoms with E-state index >= 15 is 0 Å². The minimum Gasteiger partial charge on any atom is -0.377 e. The van der Waals surface area contributed by atoms with Crippen molar-refractivity contribution in [2.45, 2.75) is 37.5 Å². The number of sulfone groups is 1. The number of aromatic amines is 1. The second-order valence-electron chi connectivity index (χ2n) is 8.54. The highest BCUT2D eigenvalue weighted by atomic mass is 32.2. The second-order valence-corrected chi connectivity index (χ2v) is 11.1. The summed E-state index contributed by atoms with van der Waals surface area (Å²) in [6.07, 6.45) is 6.47. The highest BCUT2D eigenvalue weighted by molar-refractivity contribution is 7.91. The fourth-order valence-corrected chi connectivity index (χ4v) is 4.89. The molecule has 9 heteroatoms. The summed E-state index contributed by atoms with van der Waals surface area (Å²) >= 11 is 0. The van der Waals surface area contributed by atoms with E-state index in [1.807, 2.05) is 18.3 Å². The van der Waals surface area contributed by atoms with Gasteiger partial charge >= 0.3 is 0 Å². The molecule has 2 aliphatic rings. The molecule has 8 nitrogen and oxygen atoms in total. The number of H-pyrrole nitrogens is 1. The van der Waals surface area contributed by atoms with E-state index in [9.17, 15) is 8.42 Å². The van der Waals surface area contributed by atoms with Crippen LogP contribution < -0.4 is 4.90 Å². The zero-order chi connectivity index (χ0) is 21.1. The van der Waals surface area contributed by atoms with Gasteiger partial charge in [0.15, 0.2) is 15.7 Å². The number of ether oxygens (including phenoxy) is 1. The summed E-state index contributed by atoms with van der Waals surface area (Å²) in [5.41, 5.74) is 3.12. The Morgan fingerprint density at radius 3 is 2.90 bits per heavy atom. The van der Waals surface area contributed by atoms with Crippen LogP contribution in [0.3, 0.4) is 0 Å². The highest BCUT2D eigenvalue weighted by Gasteiger charge is 2.41. The molecule has 5 heterocycles. The van der Waals surface area contributed by atoms with E-state index in [0.717, 1.165) is 47.4 Å². The molecule has 3 aromatic heterocycles. The van der Waals surface area contributed by atoms with Gasteiger partial charge in [0.1, 0.15) is 16.2 Å². The van der Waals surface area contributed by atoms with Crippen LogP contribution in [0.25, 0.3) is 22.4 Å². The first-order valence-corrected chi connectivity index (χ1v) is 12.0. The Labute approximate surface area is 175 Å². The fourth-order valence-electron chi connectivity index (χ4n) is 4.37. The molecular formula is C21H25N5O3S. The van der Waals surface area contributed by atoms with Crippen LogP contribution in [0.2, 0.25) is 0 Å². The van der Waals surface area contributed by atoms with Gasteiger partial charge in [0.05, 0.1) is 24.9 Å². The molecule has 0 aromatic carbocycles. The van der Waals surface area contributed by atoms with Gasteiger partial charge in [0.2, 0.25) is 0 Å². The second kappa shape index (κ2) is 6.75. The lowest BCUT2D eigenvalue weighted by molar-refractivity contribution is 0.0890. The normalized spacial score (nSPS) is 19.6. The molecule has 0 aliphatic carbocycles. The van der Waals surface area contributed by atoms with E-state index < -0.39 is 14.6 Å². The Bertz CT molecular complexity index is 1230. The number of nitrogens with zero attached hydrogens (tertiary/aromatic N) is 4. The van der Waals surface area contributed by atoms with E-state index in [0.29, 0.717) is 24.7 Å². The van der Waals surface area contributed by atoms with Crippen molar-refractivity contribution in [2.24, 2.45) is 0 Å². The number of anilines is 1. The lowest BCUT2D eigenvalue weighted by Crippen LogP contribution is -2.49. The molecule has 0 amide bonds. The van der Waals surface area contributed by atoms with Gasteiger partial charge in [-0.3, -0.25) is 0 Å². The molecule has 2 aliphatic heterocycles. The standard InChI is InChI=1S/C21H25N5O3S/c1-21(2,30(3,27)28)17-16-5-4-13-12-29-11-10-26(13)20(16)25-19(24-17)15-7-9-23-18-14(15)6-8-22-18/h6-9,13H,4-5,10-12H2,1-3H3,(H,22,23). The van der Waals surface area contributed by atoms with Gasteiger partial charge in [-0.2, -0.15) is 0 Å². The molecular weight excluding hydrogens is 402 g/mol. The predicted molar refractivity (Wildman–Crippen MR) is 115 cm³/mol. The van der Waals surface area contributed by atoms with E-state index in [1.165, 1.54) is 6.26 Å². The summed E-state index contributed by atoms with van der Waals surface area (Å²) in [4.78, 5) is 19.6. The van der Waals surface area contributed by atoms with Gasteiger partial charge in [-0.05, 0) is 38.8 Å².